The smallest absolute Gasteiger partial charge is 0.218 e. The van der Waals surface area contributed by atoms with Crippen LogP contribution < -0.4 is 5.73 Å². The van der Waals surface area contributed by atoms with Crippen molar-refractivity contribution in [2.24, 2.45) is 5.73 Å². The summed E-state index contributed by atoms with van der Waals surface area (Å²) in [6, 6.07) is 7.47. The van der Waals surface area contributed by atoms with Crippen molar-refractivity contribution in [1.82, 2.24) is 4.31 Å². The van der Waals surface area contributed by atoms with Gasteiger partial charge in [0.1, 0.15) is 0 Å². The predicted molar refractivity (Wildman–Crippen MR) is 78.6 cm³/mol. The zero-order valence-corrected chi connectivity index (χ0v) is 12.6. The van der Waals surface area contributed by atoms with Gasteiger partial charge >= 0.3 is 0 Å². The van der Waals surface area contributed by atoms with Crippen molar-refractivity contribution >= 4 is 10.0 Å². The van der Waals surface area contributed by atoms with Crippen LogP contribution >= 0.6 is 0 Å². The Labute approximate surface area is 120 Å². The minimum Gasteiger partial charge on any atom is -0.381 e. The third-order valence-electron chi connectivity index (χ3n) is 3.82. The minimum absolute atomic E-state index is 0.00817. The van der Waals surface area contributed by atoms with Crippen molar-refractivity contribution in [3.05, 3.63) is 35.4 Å². The van der Waals surface area contributed by atoms with Gasteiger partial charge in [-0.15, -0.1) is 0 Å². The average molecular weight is 298 g/mol. The molecule has 5 nitrogen and oxygen atoms in total. The molecule has 112 valence electrons. The quantitative estimate of drug-likeness (QED) is 0.883. The molecule has 0 saturated carbocycles. The van der Waals surface area contributed by atoms with Gasteiger partial charge in [0.15, 0.2) is 0 Å². The molecule has 0 bridgehead atoms. The van der Waals surface area contributed by atoms with Crippen LogP contribution in [0.5, 0.6) is 0 Å². The Kier molecular flexibility index (Phi) is 5.15. The van der Waals surface area contributed by atoms with Gasteiger partial charge in [0, 0.05) is 32.8 Å². The first-order chi connectivity index (χ1) is 9.54. The van der Waals surface area contributed by atoms with Crippen LogP contribution in [0.1, 0.15) is 24.0 Å². The van der Waals surface area contributed by atoms with Gasteiger partial charge in [0.2, 0.25) is 10.0 Å². The molecule has 0 aliphatic carbocycles. The Bertz CT molecular complexity index is 539. The SMILES string of the molecule is CN(C1CCOCC1)S(=O)(=O)Cc1ccccc1CN. The van der Waals surface area contributed by atoms with Crippen LogP contribution in [0.25, 0.3) is 0 Å². The number of sulfonamides is 1. The molecule has 2 rings (SSSR count). The van der Waals surface area contributed by atoms with Crippen LogP contribution in [-0.2, 0) is 27.1 Å². The molecule has 6 heteroatoms. The third-order valence-corrected chi connectivity index (χ3v) is 5.67. The zero-order valence-electron chi connectivity index (χ0n) is 11.8. The largest absolute Gasteiger partial charge is 0.381 e. The molecule has 1 aromatic rings. The first kappa shape index (κ1) is 15.4. The molecule has 1 fully saturated rings. The zero-order chi connectivity index (χ0) is 14.6. The summed E-state index contributed by atoms with van der Waals surface area (Å²) in [7, 11) is -1.66. The van der Waals surface area contributed by atoms with Crippen molar-refractivity contribution in [2.75, 3.05) is 20.3 Å². The van der Waals surface area contributed by atoms with E-state index in [0.717, 1.165) is 24.0 Å². The lowest BCUT2D eigenvalue weighted by molar-refractivity contribution is 0.0632. The minimum atomic E-state index is -3.32. The van der Waals surface area contributed by atoms with Crippen LogP contribution in [-0.4, -0.2) is 39.0 Å². The lowest BCUT2D eigenvalue weighted by Crippen LogP contribution is -2.41. The number of nitrogens with two attached hydrogens (primary N) is 1. The second kappa shape index (κ2) is 6.67. The van der Waals surface area contributed by atoms with Crippen LogP contribution in [0.2, 0.25) is 0 Å². The second-order valence-corrected chi connectivity index (χ2v) is 7.12. The van der Waals surface area contributed by atoms with E-state index in [0.29, 0.717) is 19.8 Å². The summed E-state index contributed by atoms with van der Waals surface area (Å²) >= 11 is 0. The van der Waals surface area contributed by atoms with Crippen LogP contribution in [0, 0.1) is 0 Å². The molecule has 20 heavy (non-hydrogen) atoms. The highest BCUT2D eigenvalue weighted by molar-refractivity contribution is 7.88. The van der Waals surface area contributed by atoms with E-state index in [1.54, 1.807) is 7.05 Å². The molecular weight excluding hydrogens is 276 g/mol. The Morgan fingerprint density at radius 1 is 1.25 bits per heavy atom. The van der Waals surface area contributed by atoms with Gasteiger partial charge in [-0.25, -0.2) is 12.7 Å². The van der Waals surface area contributed by atoms with Gasteiger partial charge < -0.3 is 10.5 Å². The molecule has 2 N–H and O–H groups in total. The van der Waals surface area contributed by atoms with Crippen molar-refractivity contribution in [2.45, 2.75) is 31.2 Å². The molecule has 1 aliphatic heterocycles. The first-order valence-corrected chi connectivity index (χ1v) is 8.46. The molecule has 0 spiro atoms. The van der Waals surface area contributed by atoms with Crippen LogP contribution in [0.4, 0.5) is 0 Å². The molecular formula is C14H22N2O3S. The fraction of sp³-hybridized carbons (Fsp3) is 0.571. The van der Waals surface area contributed by atoms with E-state index in [1.807, 2.05) is 24.3 Å². The van der Waals surface area contributed by atoms with Gasteiger partial charge in [0.25, 0.3) is 0 Å². The Morgan fingerprint density at radius 2 is 1.85 bits per heavy atom. The summed E-state index contributed by atoms with van der Waals surface area (Å²) in [5, 5.41) is 0. The average Bonchev–Trinajstić information content (AvgIpc) is 2.47. The number of ether oxygens (including phenoxy) is 1. The van der Waals surface area contributed by atoms with E-state index >= 15 is 0 Å². The molecule has 0 radical (unpaired) electrons. The van der Waals surface area contributed by atoms with Gasteiger partial charge in [-0.1, -0.05) is 24.3 Å². The lowest BCUT2D eigenvalue weighted by atomic mass is 10.1. The van der Waals surface area contributed by atoms with Gasteiger partial charge in [-0.2, -0.15) is 0 Å². The highest BCUT2D eigenvalue weighted by atomic mass is 32.2. The molecule has 0 aromatic heterocycles. The number of hydrogen-bond acceptors (Lipinski definition) is 4. The molecule has 0 unspecified atom stereocenters. The maximum atomic E-state index is 12.5. The molecule has 1 saturated heterocycles. The summed E-state index contributed by atoms with van der Waals surface area (Å²) < 4.78 is 31.8. The molecule has 1 heterocycles. The second-order valence-electron chi connectivity index (χ2n) is 5.09. The van der Waals surface area contributed by atoms with Crippen molar-refractivity contribution in [1.29, 1.82) is 0 Å². The predicted octanol–water partition coefficient (Wildman–Crippen LogP) is 1.09. The number of rotatable bonds is 5. The summed E-state index contributed by atoms with van der Waals surface area (Å²) in [5.41, 5.74) is 7.34. The summed E-state index contributed by atoms with van der Waals surface area (Å²) in [5.74, 6) is 0.00817. The molecule has 1 aliphatic rings. The van der Waals surface area contributed by atoms with E-state index < -0.39 is 10.0 Å². The van der Waals surface area contributed by atoms with Crippen LogP contribution in [0.3, 0.4) is 0 Å². The molecule has 0 amide bonds. The first-order valence-electron chi connectivity index (χ1n) is 6.85. The summed E-state index contributed by atoms with van der Waals surface area (Å²) in [6.45, 7) is 1.61. The van der Waals surface area contributed by atoms with Gasteiger partial charge in [0.05, 0.1) is 5.75 Å². The fourth-order valence-corrected chi connectivity index (χ4v) is 4.01. The lowest BCUT2D eigenvalue weighted by Gasteiger charge is -2.30. The van der Waals surface area contributed by atoms with Crippen LogP contribution in [0.15, 0.2) is 24.3 Å². The van der Waals surface area contributed by atoms with E-state index in [9.17, 15) is 8.42 Å². The standard InChI is InChI=1S/C14H22N2O3S/c1-16(14-6-8-19-9-7-14)20(17,18)11-13-5-3-2-4-12(13)10-15/h2-5,14H,6-11,15H2,1H3. The molecule has 0 atom stereocenters. The van der Waals surface area contributed by atoms with Gasteiger partial charge in [-0.3, -0.25) is 0 Å². The topological polar surface area (TPSA) is 72.6 Å². The summed E-state index contributed by atoms with van der Waals surface area (Å²) in [6.07, 6.45) is 1.52. The van der Waals surface area contributed by atoms with Crippen molar-refractivity contribution < 1.29 is 13.2 Å². The maximum Gasteiger partial charge on any atom is 0.218 e. The Morgan fingerprint density at radius 3 is 2.45 bits per heavy atom. The van der Waals surface area contributed by atoms with E-state index in [2.05, 4.69) is 0 Å². The number of hydrogen-bond donors (Lipinski definition) is 1. The number of nitrogens with zero attached hydrogens (tertiary/aromatic N) is 1. The van der Waals surface area contributed by atoms with Gasteiger partial charge in [-0.05, 0) is 24.0 Å². The third kappa shape index (κ3) is 3.58. The Hall–Kier alpha value is -0.950. The maximum absolute atomic E-state index is 12.5. The normalized spacial score (nSPS) is 17.6. The van der Waals surface area contributed by atoms with Crippen molar-refractivity contribution in [3.8, 4) is 0 Å². The summed E-state index contributed by atoms with van der Waals surface area (Å²) in [4.78, 5) is 0. The number of benzene rings is 1. The highest BCUT2D eigenvalue weighted by Gasteiger charge is 2.28. The van der Waals surface area contributed by atoms with E-state index in [1.165, 1.54) is 4.31 Å². The fourth-order valence-electron chi connectivity index (χ4n) is 2.47. The Balaban J connectivity index is 2.13. The monoisotopic (exact) mass is 298 g/mol. The molecule has 1 aromatic carbocycles. The van der Waals surface area contributed by atoms with Crippen molar-refractivity contribution in [3.63, 3.8) is 0 Å². The highest BCUT2D eigenvalue weighted by Crippen LogP contribution is 2.20. The van der Waals surface area contributed by atoms with E-state index in [4.69, 9.17) is 10.5 Å². The van der Waals surface area contributed by atoms with E-state index in [-0.39, 0.29) is 11.8 Å².